The first kappa shape index (κ1) is 28.1. The molecule has 0 bridgehead atoms. The summed E-state index contributed by atoms with van der Waals surface area (Å²) in [6.07, 6.45) is -4.10. The van der Waals surface area contributed by atoms with Gasteiger partial charge in [-0.1, -0.05) is 48.5 Å². The second-order valence-electron chi connectivity index (χ2n) is 9.62. The van der Waals surface area contributed by atoms with Gasteiger partial charge in [-0.15, -0.1) is 0 Å². The van der Waals surface area contributed by atoms with E-state index in [0.29, 0.717) is 30.8 Å². The molecule has 2 atom stereocenters. The first-order valence-electron chi connectivity index (χ1n) is 12.6. The highest BCUT2D eigenvalue weighted by atomic mass is 19.4. The highest BCUT2D eigenvalue weighted by Crippen LogP contribution is 2.30. The average Bonchev–Trinajstić information content (AvgIpc) is 3.32. The first-order valence-corrected chi connectivity index (χ1v) is 12.6. The van der Waals surface area contributed by atoms with Crippen LogP contribution < -0.4 is 10.6 Å². The third-order valence-corrected chi connectivity index (χ3v) is 6.80. The Morgan fingerprint density at radius 3 is 2.31 bits per heavy atom. The molecule has 0 radical (unpaired) electrons. The molecule has 1 aliphatic rings. The van der Waals surface area contributed by atoms with E-state index in [1.807, 2.05) is 30.3 Å². The molecular weight excluding hydrogens is 509 g/mol. The van der Waals surface area contributed by atoms with Gasteiger partial charge in [0.1, 0.15) is 0 Å². The van der Waals surface area contributed by atoms with E-state index in [4.69, 9.17) is 0 Å². The van der Waals surface area contributed by atoms with E-state index < -0.39 is 17.8 Å². The molecule has 7 nitrogen and oxygen atoms in total. The number of rotatable bonds is 8. The van der Waals surface area contributed by atoms with E-state index in [9.17, 15) is 27.9 Å². The van der Waals surface area contributed by atoms with Crippen LogP contribution in [-0.2, 0) is 17.4 Å². The molecule has 3 aromatic rings. The van der Waals surface area contributed by atoms with Gasteiger partial charge in [-0.05, 0) is 47.9 Å². The number of likely N-dealkylation sites (N-methyl/N-ethyl adjacent to an activating group) is 1. The van der Waals surface area contributed by atoms with Crippen LogP contribution in [0.5, 0.6) is 0 Å². The molecule has 10 heteroatoms. The minimum atomic E-state index is -4.46. The number of carbonyl (C=O) groups excluding carboxylic acids is 2. The summed E-state index contributed by atoms with van der Waals surface area (Å²) in [5, 5.41) is 15.2. The number of urea groups is 1. The van der Waals surface area contributed by atoms with Gasteiger partial charge in [0.2, 0.25) is 5.91 Å². The number of likely N-dealkylation sites (tertiary alicyclic amines) is 1. The minimum absolute atomic E-state index is 0.0270. The van der Waals surface area contributed by atoms with Crippen LogP contribution in [0.2, 0.25) is 0 Å². The Kier molecular flexibility index (Phi) is 8.88. The quantitative estimate of drug-likeness (QED) is 0.369. The first-order chi connectivity index (χ1) is 18.6. The number of alkyl halides is 3. The topological polar surface area (TPSA) is 84.9 Å². The fourth-order valence-corrected chi connectivity index (χ4v) is 4.63. The number of nitrogens with one attached hydrogen (secondary N) is 2. The largest absolute Gasteiger partial charge is 0.416 e. The lowest BCUT2D eigenvalue weighted by atomic mass is 10.0. The van der Waals surface area contributed by atoms with Crippen molar-refractivity contribution in [3.05, 3.63) is 95.6 Å². The van der Waals surface area contributed by atoms with E-state index in [2.05, 4.69) is 15.5 Å². The highest BCUT2D eigenvalue weighted by molar-refractivity contribution is 6.00. The van der Waals surface area contributed by atoms with Gasteiger partial charge in [0.15, 0.2) is 0 Å². The van der Waals surface area contributed by atoms with Crippen LogP contribution in [0.4, 0.5) is 29.3 Å². The molecule has 1 fully saturated rings. The Balaban J connectivity index is 1.43. The van der Waals surface area contributed by atoms with Crippen molar-refractivity contribution < 1.29 is 27.9 Å². The summed E-state index contributed by atoms with van der Waals surface area (Å²) in [4.78, 5) is 29.9. The molecule has 206 valence electrons. The predicted octanol–water partition coefficient (Wildman–Crippen LogP) is 5.16. The van der Waals surface area contributed by atoms with Crippen molar-refractivity contribution in [2.24, 2.45) is 0 Å². The summed E-state index contributed by atoms with van der Waals surface area (Å²) in [5.74, 6) is -0.152. The number of para-hydroxylation sites is 1. The van der Waals surface area contributed by atoms with Crippen molar-refractivity contribution in [2.75, 3.05) is 37.3 Å². The molecule has 1 heterocycles. The zero-order valence-electron chi connectivity index (χ0n) is 21.5. The number of carbonyl (C=O) groups is 2. The molecule has 4 rings (SSSR count). The molecule has 3 amide bonds. The fraction of sp³-hybridized carbons (Fsp3) is 0.310. The Labute approximate surface area is 225 Å². The molecule has 2 unspecified atom stereocenters. The number of anilines is 2. The van der Waals surface area contributed by atoms with Crippen molar-refractivity contribution in [2.45, 2.75) is 31.2 Å². The number of amides is 3. The van der Waals surface area contributed by atoms with Crippen molar-refractivity contribution in [3.63, 3.8) is 0 Å². The van der Waals surface area contributed by atoms with E-state index in [1.165, 1.54) is 12.1 Å². The predicted molar refractivity (Wildman–Crippen MR) is 143 cm³/mol. The van der Waals surface area contributed by atoms with Crippen LogP contribution in [0.3, 0.4) is 0 Å². The second kappa shape index (κ2) is 12.3. The molecule has 0 aliphatic carbocycles. The van der Waals surface area contributed by atoms with E-state index >= 15 is 0 Å². The average molecular weight is 541 g/mol. The third-order valence-electron chi connectivity index (χ3n) is 6.80. The van der Waals surface area contributed by atoms with Crippen LogP contribution in [0.1, 0.15) is 29.2 Å². The van der Waals surface area contributed by atoms with Gasteiger partial charge >= 0.3 is 12.2 Å². The maximum absolute atomic E-state index is 13.4. The van der Waals surface area contributed by atoms with Crippen LogP contribution >= 0.6 is 0 Å². The van der Waals surface area contributed by atoms with E-state index in [0.717, 1.165) is 24.2 Å². The van der Waals surface area contributed by atoms with E-state index in [-0.39, 0.29) is 30.2 Å². The summed E-state index contributed by atoms with van der Waals surface area (Å²) in [7, 11) is 1.75. The smallest absolute Gasteiger partial charge is 0.392 e. The molecule has 1 saturated heterocycles. The van der Waals surface area contributed by atoms with Crippen LogP contribution in [0.25, 0.3) is 0 Å². The number of aliphatic hydroxyl groups is 1. The van der Waals surface area contributed by atoms with Crippen LogP contribution in [0.15, 0.2) is 78.9 Å². The summed E-state index contributed by atoms with van der Waals surface area (Å²) in [6.45, 7) is 1.90. The van der Waals surface area contributed by atoms with Gasteiger partial charge in [0, 0.05) is 38.1 Å². The lowest BCUT2D eigenvalue weighted by Crippen LogP contribution is -2.39. The number of halogens is 3. The number of hydrogen-bond donors (Lipinski definition) is 3. The summed E-state index contributed by atoms with van der Waals surface area (Å²) in [6, 6.07) is 19.9. The molecule has 3 aromatic carbocycles. The monoisotopic (exact) mass is 540 g/mol. The zero-order chi connectivity index (χ0) is 28.0. The van der Waals surface area contributed by atoms with Gasteiger partial charge in [0.25, 0.3) is 0 Å². The lowest BCUT2D eigenvalue weighted by Gasteiger charge is -2.32. The van der Waals surface area contributed by atoms with Crippen molar-refractivity contribution >= 4 is 23.3 Å². The Morgan fingerprint density at radius 1 is 1.00 bits per heavy atom. The van der Waals surface area contributed by atoms with Gasteiger partial charge in [-0.3, -0.25) is 9.69 Å². The normalized spacial score (nSPS) is 16.5. The molecular formula is C29H31F3N4O3. The van der Waals surface area contributed by atoms with Crippen molar-refractivity contribution in [3.8, 4) is 0 Å². The molecule has 0 spiro atoms. The molecule has 3 N–H and O–H groups in total. The molecule has 0 saturated carbocycles. The number of benzene rings is 3. The number of β-amino-alcohol motifs (C(OH)–C–C–N with tert-alkyl or cyclic N) is 1. The van der Waals surface area contributed by atoms with Crippen LogP contribution in [0, 0.1) is 0 Å². The maximum Gasteiger partial charge on any atom is 0.416 e. The highest BCUT2D eigenvalue weighted by Gasteiger charge is 2.30. The summed E-state index contributed by atoms with van der Waals surface area (Å²) < 4.78 is 38.4. The Morgan fingerprint density at radius 2 is 1.67 bits per heavy atom. The van der Waals surface area contributed by atoms with Crippen molar-refractivity contribution in [1.29, 1.82) is 0 Å². The third kappa shape index (κ3) is 7.58. The standard InChI is InChI=1S/C29H31F3N4O3/c1-35(26(20-7-3-2-4-8-20)19-36-16-15-24(37)18-36)27(38)17-21-9-5-6-10-25(21)34-28(39)33-23-13-11-22(12-14-23)29(30,31)32/h2-14,24,26,37H,15-19H2,1H3,(H2,33,34,39). The Hall–Kier alpha value is -3.89. The van der Waals surface area contributed by atoms with Gasteiger partial charge in [0.05, 0.1) is 24.1 Å². The Bertz CT molecular complexity index is 1270. The lowest BCUT2D eigenvalue weighted by molar-refractivity contribution is -0.137. The molecule has 0 aromatic heterocycles. The number of aliphatic hydroxyl groups excluding tert-OH is 1. The SMILES string of the molecule is CN(C(=O)Cc1ccccc1NC(=O)Nc1ccc(C(F)(F)F)cc1)C(CN1CCC(O)C1)c1ccccc1. The van der Waals surface area contributed by atoms with Gasteiger partial charge in [-0.25, -0.2) is 4.79 Å². The summed E-state index contributed by atoms with van der Waals surface area (Å²) in [5.41, 5.74) is 1.39. The number of nitrogens with zero attached hydrogens (tertiary/aromatic N) is 2. The zero-order valence-corrected chi connectivity index (χ0v) is 21.5. The van der Waals surface area contributed by atoms with Gasteiger partial charge in [-0.2, -0.15) is 13.2 Å². The number of hydrogen-bond acceptors (Lipinski definition) is 4. The molecule has 39 heavy (non-hydrogen) atoms. The van der Waals surface area contributed by atoms with Crippen LogP contribution in [-0.4, -0.2) is 59.6 Å². The van der Waals surface area contributed by atoms with E-state index in [1.54, 1.807) is 36.2 Å². The minimum Gasteiger partial charge on any atom is -0.392 e. The van der Waals surface area contributed by atoms with Crippen molar-refractivity contribution in [1.82, 2.24) is 9.80 Å². The van der Waals surface area contributed by atoms with Gasteiger partial charge < -0.3 is 20.6 Å². The summed E-state index contributed by atoms with van der Waals surface area (Å²) >= 11 is 0. The maximum atomic E-state index is 13.4. The fourth-order valence-electron chi connectivity index (χ4n) is 4.63. The molecule has 1 aliphatic heterocycles. The second-order valence-corrected chi connectivity index (χ2v) is 9.62.